The fourth-order valence-electron chi connectivity index (χ4n) is 1.37. The van der Waals surface area contributed by atoms with E-state index in [0.717, 1.165) is 0 Å². The van der Waals surface area contributed by atoms with Gasteiger partial charge in [-0.05, 0) is 6.42 Å². The highest BCUT2D eigenvalue weighted by atomic mass is 16.4. The molecule has 1 unspecified atom stereocenters. The normalized spacial score (nSPS) is 11.9. The van der Waals surface area contributed by atoms with Crippen LogP contribution in [0, 0.1) is 0 Å². The van der Waals surface area contributed by atoms with Gasteiger partial charge in [0.25, 0.3) is 0 Å². The minimum absolute atomic E-state index is 0.0915. The molecule has 0 aliphatic rings. The van der Waals surface area contributed by atoms with Crippen LogP contribution in [0.1, 0.15) is 25.6 Å². The maximum atomic E-state index is 11.5. The van der Waals surface area contributed by atoms with Crippen molar-refractivity contribution in [1.29, 1.82) is 0 Å². The SMILES string of the molecule is CCC(CC(=O)O)NC(=O)NCc1ncn(C)n1. The fraction of sp³-hybridized carbons (Fsp3) is 0.600. The molecule has 1 aromatic heterocycles. The highest BCUT2D eigenvalue weighted by Crippen LogP contribution is 1.97. The maximum absolute atomic E-state index is 11.5. The summed E-state index contributed by atoms with van der Waals surface area (Å²) in [5, 5.41) is 17.8. The highest BCUT2D eigenvalue weighted by Gasteiger charge is 2.13. The van der Waals surface area contributed by atoms with Crippen LogP contribution in [0.2, 0.25) is 0 Å². The summed E-state index contributed by atoms with van der Waals surface area (Å²) < 4.78 is 1.54. The average Bonchev–Trinajstić information content (AvgIpc) is 2.71. The van der Waals surface area contributed by atoms with Crippen molar-refractivity contribution < 1.29 is 14.7 Å². The van der Waals surface area contributed by atoms with Crippen LogP contribution in [0.4, 0.5) is 4.79 Å². The quantitative estimate of drug-likeness (QED) is 0.656. The molecule has 1 atom stereocenters. The molecule has 1 rings (SSSR count). The number of rotatable bonds is 6. The molecular formula is C10H17N5O3. The predicted molar refractivity (Wildman–Crippen MR) is 62.7 cm³/mol. The lowest BCUT2D eigenvalue weighted by Gasteiger charge is -2.14. The van der Waals surface area contributed by atoms with Crippen LogP contribution in [0.15, 0.2) is 6.33 Å². The summed E-state index contributed by atoms with van der Waals surface area (Å²) in [5.41, 5.74) is 0. The Morgan fingerprint density at radius 2 is 2.28 bits per heavy atom. The van der Waals surface area contributed by atoms with Crippen molar-refractivity contribution >= 4 is 12.0 Å². The Balaban J connectivity index is 2.34. The molecule has 0 saturated carbocycles. The monoisotopic (exact) mass is 255 g/mol. The Bertz CT molecular complexity index is 417. The second kappa shape index (κ2) is 6.58. The first-order valence-corrected chi connectivity index (χ1v) is 5.62. The molecule has 0 saturated heterocycles. The van der Waals surface area contributed by atoms with E-state index >= 15 is 0 Å². The lowest BCUT2D eigenvalue weighted by Crippen LogP contribution is -2.42. The first kappa shape index (κ1) is 13.9. The lowest BCUT2D eigenvalue weighted by atomic mass is 10.1. The zero-order chi connectivity index (χ0) is 13.5. The minimum atomic E-state index is -0.937. The van der Waals surface area contributed by atoms with Crippen molar-refractivity contribution in [2.24, 2.45) is 7.05 Å². The van der Waals surface area contributed by atoms with Crippen LogP contribution in [0.5, 0.6) is 0 Å². The number of aliphatic carboxylic acids is 1. The molecule has 1 heterocycles. The van der Waals surface area contributed by atoms with E-state index in [2.05, 4.69) is 20.7 Å². The molecule has 0 aliphatic heterocycles. The summed E-state index contributed by atoms with van der Waals surface area (Å²) in [4.78, 5) is 26.0. The van der Waals surface area contributed by atoms with Crippen LogP contribution in [0.25, 0.3) is 0 Å². The van der Waals surface area contributed by atoms with Gasteiger partial charge in [0.1, 0.15) is 6.33 Å². The van der Waals surface area contributed by atoms with E-state index in [0.29, 0.717) is 12.2 Å². The number of aryl methyl sites for hydroxylation is 1. The summed E-state index contributed by atoms with van der Waals surface area (Å²) in [6, 6.07) is -0.797. The topological polar surface area (TPSA) is 109 Å². The van der Waals surface area contributed by atoms with Crippen molar-refractivity contribution in [3.63, 3.8) is 0 Å². The third kappa shape index (κ3) is 4.81. The number of nitrogens with zero attached hydrogens (tertiary/aromatic N) is 3. The predicted octanol–water partition coefficient (Wildman–Crippen LogP) is -0.132. The Hall–Kier alpha value is -2.12. The molecule has 3 N–H and O–H groups in total. The van der Waals surface area contributed by atoms with Gasteiger partial charge in [-0.1, -0.05) is 6.92 Å². The molecular weight excluding hydrogens is 238 g/mol. The summed E-state index contributed by atoms with van der Waals surface area (Å²) in [7, 11) is 1.73. The molecule has 0 bridgehead atoms. The summed E-state index contributed by atoms with van der Waals surface area (Å²) >= 11 is 0. The molecule has 8 nitrogen and oxygen atoms in total. The van der Waals surface area contributed by atoms with Gasteiger partial charge in [0.2, 0.25) is 0 Å². The molecule has 2 amide bonds. The molecule has 0 radical (unpaired) electrons. The number of carbonyl (C=O) groups is 2. The largest absolute Gasteiger partial charge is 0.481 e. The van der Waals surface area contributed by atoms with E-state index in [1.54, 1.807) is 7.05 Å². The standard InChI is InChI=1S/C10H17N5O3/c1-3-7(4-9(16)17)13-10(18)11-5-8-12-6-15(2)14-8/h6-7H,3-5H2,1-2H3,(H,16,17)(H2,11,13,18). The smallest absolute Gasteiger partial charge is 0.315 e. The Morgan fingerprint density at radius 3 is 2.78 bits per heavy atom. The van der Waals surface area contributed by atoms with Crippen LogP contribution in [-0.4, -0.2) is 37.9 Å². The van der Waals surface area contributed by atoms with Gasteiger partial charge in [-0.3, -0.25) is 9.48 Å². The molecule has 0 aliphatic carbocycles. The first-order valence-electron chi connectivity index (χ1n) is 5.62. The molecule has 0 aromatic carbocycles. The zero-order valence-corrected chi connectivity index (χ0v) is 10.4. The van der Waals surface area contributed by atoms with E-state index in [4.69, 9.17) is 5.11 Å². The van der Waals surface area contributed by atoms with Crippen molar-refractivity contribution in [2.45, 2.75) is 32.4 Å². The number of aromatic nitrogens is 3. The van der Waals surface area contributed by atoms with Crippen LogP contribution < -0.4 is 10.6 Å². The number of carboxylic acid groups (broad SMARTS) is 1. The van der Waals surface area contributed by atoms with Crippen molar-refractivity contribution in [3.8, 4) is 0 Å². The van der Waals surface area contributed by atoms with E-state index in [1.807, 2.05) is 6.92 Å². The Labute approximate surface area is 104 Å². The van der Waals surface area contributed by atoms with E-state index in [1.165, 1.54) is 11.0 Å². The van der Waals surface area contributed by atoms with Crippen molar-refractivity contribution in [3.05, 3.63) is 12.2 Å². The van der Waals surface area contributed by atoms with Crippen LogP contribution in [0.3, 0.4) is 0 Å². The minimum Gasteiger partial charge on any atom is -0.481 e. The average molecular weight is 255 g/mol. The molecule has 18 heavy (non-hydrogen) atoms. The molecule has 1 aromatic rings. The van der Waals surface area contributed by atoms with Gasteiger partial charge >= 0.3 is 12.0 Å². The number of carbonyl (C=O) groups excluding carboxylic acids is 1. The van der Waals surface area contributed by atoms with Gasteiger partial charge in [-0.25, -0.2) is 9.78 Å². The number of hydrogen-bond donors (Lipinski definition) is 3. The second-order valence-electron chi connectivity index (χ2n) is 3.86. The van der Waals surface area contributed by atoms with Gasteiger partial charge < -0.3 is 15.7 Å². The molecule has 0 spiro atoms. The number of urea groups is 1. The van der Waals surface area contributed by atoms with Gasteiger partial charge in [0.05, 0.1) is 13.0 Å². The number of amides is 2. The number of hydrogen-bond acceptors (Lipinski definition) is 4. The Kier molecular flexibility index (Phi) is 5.09. The summed E-state index contributed by atoms with van der Waals surface area (Å²) in [5.74, 6) is -0.438. The first-order chi connectivity index (χ1) is 8.51. The van der Waals surface area contributed by atoms with Gasteiger partial charge in [-0.15, -0.1) is 0 Å². The van der Waals surface area contributed by atoms with E-state index < -0.39 is 12.0 Å². The third-order valence-corrected chi connectivity index (χ3v) is 2.30. The highest BCUT2D eigenvalue weighted by molar-refractivity contribution is 5.75. The van der Waals surface area contributed by atoms with Gasteiger partial charge in [0, 0.05) is 13.1 Å². The lowest BCUT2D eigenvalue weighted by molar-refractivity contribution is -0.137. The number of carboxylic acids is 1. The Morgan fingerprint density at radius 1 is 1.56 bits per heavy atom. The van der Waals surface area contributed by atoms with E-state index in [-0.39, 0.29) is 19.0 Å². The molecule has 8 heteroatoms. The van der Waals surface area contributed by atoms with Crippen molar-refractivity contribution in [2.75, 3.05) is 0 Å². The maximum Gasteiger partial charge on any atom is 0.315 e. The summed E-state index contributed by atoms with van der Waals surface area (Å²) in [6.07, 6.45) is 2.00. The second-order valence-corrected chi connectivity index (χ2v) is 3.86. The van der Waals surface area contributed by atoms with Gasteiger partial charge in [0.15, 0.2) is 5.82 Å². The van der Waals surface area contributed by atoms with Gasteiger partial charge in [-0.2, -0.15) is 5.10 Å². The van der Waals surface area contributed by atoms with Crippen LogP contribution in [-0.2, 0) is 18.4 Å². The van der Waals surface area contributed by atoms with E-state index in [9.17, 15) is 9.59 Å². The summed E-state index contributed by atoms with van der Waals surface area (Å²) in [6.45, 7) is 2.02. The number of nitrogens with one attached hydrogen (secondary N) is 2. The van der Waals surface area contributed by atoms with Crippen molar-refractivity contribution in [1.82, 2.24) is 25.4 Å². The van der Waals surface area contributed by atoms with Crippen LogP contribution >= 0.6 is 0 Å². The fourth-order valence-corrected chi connectivity index (χ4v) is 1.37. The molecule has 0 fully saturated rings. The third-order valence-electron chi connectivity index (χ3n) is 2.30. The zero-order valence-electron chi connectivity index (χ0n) is 10.4. The molecule has 100 valence electrons.